The maximum Gasteiger partial charge on any atom is 0.225 e. The first-order valence-electron chi connectivity index (χ1n) is 8.22. The summed E-state index contributed by atoms with van der Waals surface area (Å²) < 4.78 is 25.4. The molecule has 2 aromatic rings. The lowest BCUT2D eigenvalue weighted by Crippen LogP contribution is -2.32. The Bertz CT molecular complexity index is 880. The zero-order valence-electron chi connectivity index (χ0n) is 15.1. The third-order valence-electron chi connectivity index (χ3n) is 3.99. The molecule has 2 aromatic carbocycles. The molecular weight excluding hydrogens is 372 g/mol. The van der Waals surface area contributed by atoms with E-state index in [1.807, 2.05) is 32.0 Å². The van der Waals surface area contributed by atoms with Gasteiger partial charge in [-0.05, 0) is 43.2 Å². The molecule has 0 unspecified atom stereocenters. The Labute approximate surface area is 160 Å². The Balaban J connectivity index is 2.00. The molecule has 0 aliphatic heterocycles. The zero-order chi connectivity index (χ0) is 19.3. The van der Waals surface area contributed by atoms with Crippen LogP contribution < -0.4 is 5.32 Å². The van der Waals surface area contributed by atoms with Crippen LogP contribution in [-0.2, 0) is 21.4 Å². The molecule has 0 aromatic heterocycles. The number of sulfonamides is 1. The minimum absolute atomic E-state index is 0.0774. The number of carbonyl (C=O) groups excluding carboxylic acids is 1. The van der Waals surface area contributed by atoms with E-state index in [-0.39, 0.29) is 25.4 Å². The second kappa shape index (κ2) is 8.66. The van der Waals surface area contributed by atoms with E-state index in [1.54, 1.807) is 24.3 Å². The molecule has 0 aliphatic rings. The molecule has 0 fully saturated rings. The average molecular weight is 395 g/mol. The summed E-state index contributed by atoms with van der Waals surface area (Å²) >= 11 is 5.86. The number of carbonyl (C=O) groups is 1. The SMILES string of the molecule is Cc1ccc(NC(=O)CCN(Cc2ccc(Cl)cc2)S(C)(=O)=O)c(C)c1. The van der Waals surface area contributed by atoms with E-state index in [0.717, 1.165) is 28.6 Å². The highest BCUT2D eigenvalue weighted by Crippen LogP contribution is 2.17. The molecule has 140 valence electrons. The third-order valence-corrected chi connectivity index (χ3v) is 5.49. The van der Waals surface area contributed by atoms with Crippen LogP contribution in [0.15, 0.2) is 42.5 Å². The summed E-state index contributed by atoms with van der Waals surface area (Å²) in [6.07, 6.45) is 1.22. The van der Waals surface area contributed by atoms with Gasteiger partial charge < -0.3 is 5.32 Å². The van der Waals surface area contributed by atoms with E-state index in [4.69, 9.17) is 11.6 Å². The van der Waals surface area contributed by atoms with Crippen molar-refractivity contribution in [1.82, 2.24) is 4.31 Å². The highest BCUT2D eigenvalue weighted by Gasteiger charge is 2.18. The van der Waals surface area contributed by atoms with Gasteiger partial charge in [0, 0.05) is 30.2 Å². The number of anilines is 1. The van der Waals surface area contributed by atoms with Gasteiger partial charge in [0.15, 0.2) is 0 Å². The van der Waals surface area contributed by atoms with Crippen LogP contribution in [0.4, 0.5) is 5.69 Å². The van der Waals surface area contributed by atoms with Gasteiger partial charge in [0.2, 0.25) is 15.9 Å². The lowest BCUT2D eigenvalue weighted by molar-refractivity contribution is -0.116. The van der Waals surface area contributed by atoms with Gasteiger partial charge in [-0.1, -0.05) is 41.4 Å². The molecule has 7 heteroatoms. The monoisotopic (exact) mass is 394 g/mol. The van der Waals surface area contributed by atoms with Crippen molar-refractivity contribution in [2.75, 3.05) is 18.1 Å². The second-order valence-corrected chi connectivity index (χ2v) is 8.76. The maximum atomic E-state index is 12.2. The van der Waals surface area contributed by atoms with Crippen molar-refractivity contribution in [2.45, 2.75) is 26.8 Å². The third kappa shape index (κ3) is 6.12. The van der Waals surface area contributed by atoms with Gasteiger partial charge in [0.1, 0.15) is 0 Å². The fourth-order valence-corrected chi connectivity index (χ4v) is 3.48. The van der Waals surface area contributed by atoms with Crippen LogP contribution >= 0.6 is 11.6 Å². The largest absolute Gasteiger partial charge is 0.326 e. The van der Waals surface area contributed by atoms with E-state index < -0.39 is 10.0 Å². The highest BCUT2D eigenvalue weighted by atomic mass is 35.5. The van der Waals surface area contributed by atoms with Gasteiger partial charge in [-0.2, -0.15) is 4.31 Å². The molecule has 0 radical (unpaired) electrons. The summed E-state index contributed by atoms with van der Waals surface area (Å²) in [5, 5.41) is 3.43. The molecule has 0 spiro atoms. The van der Waals surface area contributed by atoms with E-state index in [9.17, 15) is 13.2 Å². The minimum atomic E-state index is -3.44. The number of aryl methyl sites for hydroxylation is 2. The van der Waals surface area contributed by atoms with Crippen molar-refractivity contribution in [3.63, 3.8) is 0 Å². The summed E-state index contributed by atoms with van der Waals surface area (Å²) in [7, 11) is -3.44. The van der Waals surface area contributed by atoms with Gasteiger partial charge in [0.25, 0.3) is 0 Å². The molecule has 0 bridgehead atoms. The normalized spacial score (nSPS) is 11.6. The van der Waals surface area contributed by atoms with Crippen LogP contribution in [0.25, 0.3) is 0 Å². The summed E-state index contributed by atoms with van der Waals surface area (Å²) in [5.74, 6) is -0.221. The van der Waals surface area contributed by atoms with E-state index in [1.165, 1.54) is 4.31 Å². The lowest BCUT2D eigenvalue weighted by atomic mass is 10.1. The van der Waals surface area contributed by atoms with E-state index in [0.29, 0.717) is 5.02 Å². The molecular formula is C19H23ClN2O3S. The minimum Gasteiger partial charge on any atom is -0.326 e. The Morgan fingerprint density at radius 1 is 1.12 bits per heavy atom. The fourth-order valence-electron chi connectivity index (χ4n) is 2.55. The molecule has 0 aliphatic carbocycles. The number of rotatable bonds is 7. The molecule has 5 nitrogen and oxygen atoms in total. The highest BCUT2D eigenvalue weighted by molar-refractivity contribution is 7.88. The number of benzene rings is 2. The molecule has 0 heterocycles. The average Bonchev–Trinajstić information content (AvgIpc) is 2.54. The Kier molecular flexibility index (Phi) is 6.81. The van der Waals surface area contributed by atoms with E-state index >= 15 is 0 Å². The number of amides is 1. The standard InChI is InChI=1S/C19H23ClN2O3S/c1-14-4-9-18(15(2)12-14)21-19(23)10-11-22(26(3,24)25)13-16-5-7-17(20)8-6-16/h4-9,12H,10-11,13H2,1-3H3,(H,21,23). The van der Waals surface area contributed by atoms with Crippen molar-refractivity contribution in [2.24, 2.45) is 0 Å². The van der Waals surface area contributed by atoms with Gasteiger partial charge >= 0.3 is 0 Å². The Hall–Kier alpha value is -1.89. The first-order chi connectivity index (χ1) is 12.1. The second-order valence-electron chi connectivity index (χ2n) is 6.34. The van der Waals surface area contributed by atoms with Crippen molar-refractivity contribution in [1.29, 1.82) is 0 Å². The zero-order valence-corrected chi connectivity index (χ0v) is 16.7. The van der Waals surface area contributed by atoms with Crippen molar-refractivity contribution in [3.05, 3.63) is 64.2 Å². The summed E-state index contributed by atoms with van der Waals surface area (Å²) in [6.45, 7) is 4.22. The van der Waals surface area contributed by atoms with E-state index in [2.05, 4.69) is 5.32 Å². The number of hydrogen-bond donors (Lipinski definition) is 1. The topological polar surface area (TPSA) is 66.5 Å². The molecule has 2 rings (SSSR count). The number of halogens is 1. The summed E-state index contributed by atoms with van der Waals surface area (Å²) in [6, 6.07) is 12.7. The van der Waals surface area contributed by atoms with Gasteiger partial charge in [-0.15, -0.1) is 0 Å². The van der Waals surface area contributed by atoms with Crippen LogP contribution in [-0.4, -0.2) is 31.4 Å². The number of hydrogen-bond acceptors (Lipinski definition) is 3. The number of nitrogens with zero attached hydrogens (tertiary/aromatic N) is 1. The smallest absolute Gasteiger partial charge is 0.225 e. The van der Waals surface area contributed by atoms with Gasteiger partial charge in [0.05, 0.1) is 6.26 Å². The molecule has 1 N–H and O–H groups in total. The summed E-state index contributed by atoms with van der Waals surface area (Å²) in [5.41, 5.74) is 3.64. The van der Waals surface area contributed by atoms with Crippen LogP contribution in [0.5, 0.6) is 0 Å². The summed E-state index contributed by atoms with van der Waals surface area (Å²) in [4.78, 5) is 12.2. The van der Waals surface area contributed by atoms with Crippen molar-refractivity contribution < 1.29 is 13.2 Å². The molecule has 0 saturated heterocycles. The first-order valence-corrected chi connectivity index (χ1v) is 10.4. The number of nitrogens with one attached hydrogen (secondary N) is 1. The van der Waals surface area contributed by atoms with Crippen LogP contribution in [0.2, 0.25) is 5.02 Å². The van der Waals surface area contributed by atoms with Crippen LogP contribution in [0.1, 0.15) is 23.1 Å². The van der Waals surface area contributed by atoms with Crippen LogP contribution in [0, 0.1) is 13.8 Å². The molecule has 26 heavy (non-hydrogen) atoms. The lowest BCUT2D eigenvalue weighted by Gasteiger charge is -2.20. The predicted molar refractivity (Wildman–Crippen MR) is 106 cm³/mol. The molecule has 1 amide bonds. The van der Waals surface area contributed by atoms with Gasteiger partial charge in [-0.25, -0.2) is 8.42 Å². The fraction of sp³-hybridized carbons (Fsp3) is 0.316. The van der Waals surface area contributed by atoms with Crippen LogP contribution in [0.3, 0.4) is 0 Å². The first kappa shape index (κ1) is 20.4. The maximum absolute atomic E-state index is 12.2. The van der Waals surface area contributed by atoms with Crippen molar-refractivity contribution >= 4 is 33.2 Å². The molecule has 0 atom stereocenters. The van der Waals surface area contributed by atoms with Gasteiger partial charge in [-0.3, -0.25) is 4.79 Å². The Morgan fingerprint density at radius 2 is 1.77 bits per heavy atom. The quantitative estimate of drug-likeness (QED) is 0.777. The molecule has 0 saturated carbocycles. The van der Waals surface area contributed by atoms with Crippen molar-refractivity contribution in [3.8, 4) is 0 Å². The predicted octanol–water partition coefficient (Wildman–Crippen LogP) is 3.75. The Morgan fingerprint density at radius 3 is 2.35 bits per heavy atom.